The van der Waals surface area contributed by atoms with Gasteiger partial charge in [-0.05, 0) is 11.6 Å². The number of rotatable bonds is 3. The van der Waals surface area contributed by atoms with Gasteiger partial charge in [0, 0.05) is 17.1 Å². The summed E-state index contributed by atoms with van der Waals surface area (Å²) >= 11 is 3.08. The van der Waals surface area contributed by atoms with Crippen molar-refractivity contribution in [2.24, 2.45) is 0 Å². The van der Waals surface area contributed by atoms with Crippen LogP contribution in [0.3, 0.4) is 0 Å². The van der Waals surface area contributed by atoms with Crippen LogP contribution in [0.25, 0.3) is 0 Å². The predicted molar refractivity (Wildman–Crippen MR) is 51.1 cm³/mol. The number of nitrogens with zero attached hydrogens (tertiary/aromatic N) is 2. The van der Waals surface area contributed by atoms with Gasteiger partial charge < -0.3 is 0 Å². The Morgan fingerprint density at radius 3 is 2.79 bits per heavy atom. The van der Waals surface area contributed by atoms with Crippen LogP contribution in [0.1, 0.15) is 23.2 Å². The third-order valence-corrected chi connectivity index (χ3v) is 2.31. The van der Waals surface area contributed by atoms with E-state index in [4.69, 9.17) is 5.26 Å². The fraction of sp³-hybridized carbons (Fsp3) is 0.333. The molecule has 74 valence electrons. The Kier molecular flexibility index (Phi) is 3.96. The van der Waals surface area contributed by atoms with Gasteiger partial charge in [-0.1, -0.05) is 15.9 Å². The van der Waals surface area contributed by atoms with E-state index in [1.807, 2.05) is 6.07 Å². The van der Waals surface area contributed by atoms with E-state index in [0.717, 1.165) is 0 Å². The molecule has 1 heterocycles. The first kappa shape index (κ1) is 11.1. The number of nitriles is 1. The van der Waals surface area contributed by atoms with E-state index in [0.29, 0.717) is 11.3 Å². The lowest BCUT2D eigenvalue weighted by Crippen LogP contribution is -2.01. The third-order valence-electron chi connectivity index (χ3n) is 1.78. The quantitative estimate of drug-likeness (QED) is 0.784. The number of pyridine rings is 1. The van der Waals surface area contributed by atoms with Crippen LogP contribution in [0.4, 0.5) is 8.78 Å². The molecule has 0 spiro atoms. The lowest BCUT2D eigenvalue weighted by Gasteiger charge is -2.09. The van der Waals surface area contributed by atoms with Crippen LogP contribution in [0, 0.1) is 11.3 Å². The molecule has 1 aromatic heterocycles. The number of hydrogen-bond donors (Lipinski definition) is 0. The van der Waals surface area contributed by atoms with Crippen LogP contribution in [-0.4, -0.2) is 4.98 Å². The first-order valence-electron chi connectivity index (χ1n) is 3.88. The molecule has 0 bridgehead atoms. The van der Waals surface area contributed by atoms with Gasteiger partial charge in [-0.15, -0.1) is 0 Å². The van der Waals surface area contributed by atoms with E-state index in [1.165, 1.54) is 12.3 Å². The molecular weight excluding hydrogens is 254 g/mol. The van der Waals surface area contributed by atoms with E-state index in [2.05, 4.69) is 20.9 Å². The number of alkyl halides is 3. The molecule has 5 heteroatoms. The van der Waals surface area contributed by atoms with Gasteiger partial charge in [0.2, 0.25) is 0 Å². The molecule has 0 unspecified atom stereocenters. The summed E-state index contributed by atoms with van der Waals surface area (Å²) in [5, 5.41) is 8.73. The van der Waals surface area contributed by atoms with Crippen molar-refractivity contribution in [1.29, 1.82) is 5.26 Å². The van der Waals surface area contributed by atoms with Crippen molar-refractivity contribution in [3.63, 3.8) is 0 Å². The second-order valence-corrected chi connectivity index (χ2v) is 3.16. The zero-order valence-corrected chi connectivity index (χ0v) is 8.76. The van der Waals surface area contributed by atoms with Crippen molar-refractivity contribution in [3.05, 3.63) is 29.1 Å². The Labute approximate surface area is 88.7 Å². The highest BCUT2D eigenvalue weighted by Gasteiger charge is 2.17. The van der Waals surface area contributed by atoms with Crippen LogP contribution in [0.2, 0.25) is 0 Å². The van der Waals surface area contributed by atoms with Crippen molar-refractivity contribution in [2.75, 3.05) is 0 Å². The van der Waals surface area contributed by atoms with Gasteiger partial charge in [0.25, 0.3) is 6.43 Å². The first-order valence-corrected chi connectivity index (χ1v) is 5.00. The molecule has 14 heavy (non-hydrogen) atoms. The molecule has 0 aliphatic carbocycles. The lowest BCUT2D eigenvalue weighted by atomic mass is 10.1. The molecule has 0 fully saturated rings. The molecular formula is C9H7BrF2N2. The predicted octanol–water partition coefficient (Wildman–Crippen LogP) is 2.98. The largest absolute Gasteiger partial charge is 0.265 e. The molecule has 0 amide bonds. The fourth-order valence-electron chi connectivity index (χ4n) is 1.17. The van der Waals surface area contributed by atoms with Crippen LogP contribution >= 0.6 is 15.9 Å². The van der Waals surface area contributed by atoms with Crippen molar-refractivity contribution in [3.8, 4) is 6.07 Å². The molecule has 0 N–H and O–H groups in total. The highest BCUT2D eigenvalue weighted by Crippen LogP contribution is 2.27. The summed E-state index contributed by atoms with van der Waals surface area (Å²) < 4.78 is 25.3. The van der Waals surface area contributed by atoms with Crippen LogP contribution in [0.15, 0.2) is 12.3 Å². The topological polar surface area (TPSA) is 36.7 Å². The molecule has 1 rings (SSSR count). The molecule has 0 radical (unpaired) electrons. The molecule has 1 aromatic rings. The molecule has 0 saturated heterocycles. The van der Waals surface area contributed by atoms with Crippen molar-refractivity contribution in [1.82, 2.24) is 4.98 Å². The third kappa shape index (κ3) is 2.26. The highest BCUT2D eigenvalue weighted by molar-refractivity contribution is 9.08. The van der Waals surface area contributed by atoms with E-state index < -0.39 is 6.43 Å². The minimum atomic E-state index is -2.58. The van der Waals surface area contributed by atoms with Gasteiger partial charge in [0.05, 0.1) is 18.2 Å². The summed E-state index contributed by atoms with van der Waals surface area (Å²) in [5.41, 5.74) is 0.533. The molecule has 0 aliphatic heterocycles. The van der Waals surface area contributed by atoms with Crippen molar-refractivity contribution < 1.29 is 8.78 Å². The van der Waals surface area contributed by atoms with Gasteiger partial charge in [0.15, 0.2) is 0 Å². The minimum absolute atomic E-state index is 0.0117. The number of aromatic nitrogens is 1. The van der Waals surface area contributed by atoms with Crippen LogP contribution in [-0.2, 0) is 11.8 Å². The highest BCUT2D eigenvalue weighted by atomic mass is 79.9. The van der Waals surface area contributed by atoms with Crippen molar-refractivity contribution >= 4 is 15.9 Å². The fourth-order valence-corrected chi connectivity index (χ4v) is 1.62. The maximum Gasteiger partial charge on any atom is 0.265 e. The second-order valence-electron chi connectivity index (χ2n) is 2.60. The molecule has 0 atom stereocenters. The summed E-state index contributed by atoms with van der Waals surface area (Å²) in [5.74, 6) is 0. The SMILES string of the molecule is N#CCc1ccnc(CBr)c1C(F)F. The molecule has 0 aromatic carbocycles. The lowest BCUT2D eigenvalue weighted by molar-refractivity contribution is 0.149. The Hall–Kier alpha value is -1.02. The molecule has 0 saturated carbocycles. The van der Waals surface area contributed by atoms with Gasteiger partial charge >= 0.3 is 0 Å². The monoisotopic (exact) mass is 260 g/mol. The van der Waals surface area contributed by atoms with E-state index in [9.17, 15) is 8.78 Å². The van der Waals surface area contributed by atoms with E-state index in [-0.39, 0.29) is 17.3 Å². The summed E-state index contributed by atoms with van der Waals surface area (Å²) in [6.45, 7) is 0. The summed E-state index contributed by atoms with van der Waals surface area (Å²) in [4.78, 5) is 3.83. The first-order chi connectivity index (χ1) is 6.70. The minimum Gasteiger partial charge on any atom is -0.260 e. The van der Waals surface area contributed by atoms with Gasteiger partial charge in [-0.25, -0.2) is 8.78 Å². The Bertz CT molecular complexity index is 360. The number of hydrogen-bond acceptors (Lipinski definition) is 2. The van der Waals surface area contributed by atoms with Crippen LogP contribution < -0.4 is 0 Å². The summed E-state index contributed by atoms with van der Waals surface area (Å²) in [6.07, 6.45) is -1.16. The standard InChI is InChI=1S/C9H7BrF2N2/c10-5-7-8(9(11)12)6(1-3-13)2-4-14-7/h2,4,9H,1,5H2. The average Bonchev–Trinajstić information content (AvgIpc) is 2.17. The maximum absolute atomic E-state index is 12.6. The maximum atomic E-state index is 12.6. The van der Waals surface area contributed by atoms with Gasteiger partial charge in [0.1, 0.15) is 0 Å². The average molecular weight is 261 g/mol. The molecule has 0 aliphatic rings. The van der Waals surface area contributed by atoms with Gasteiger partial charge in [-0.3, -0.25) is 4.98 Å². The normalized spacial score (nSPS) is 10.2. The zero-order valence-electron chi connectivity index (χ0n) is 7.17. The summed E-state index contributed by atoms with van der Waals surface area (Å²) in [7, 11) is 0. The Balaban J connectivity index is 3.22. The second kappa shape index (κ2) is 5.01. The Morgan fingerprint density at radius 2 is 2.29 bits per heavy atom. The van der Waals surface area contributed by atoms with Gasteiger partial charge in [-0.2, -0.15) is 5.26 Å². The van der Waals surface area contributed by atoms with E-state index >= 15 is 0 Å². The van der Waals surface area contributed by atoms with E-state index in [1.54, 1.807) is 0 Å². The van der Waals surface area contributed by atoms with Crippen molar-refractivity contribution in [2.45, 2.75) is 18.2 Å². The number of halogens is 3. The Morgan fingerprint density at radius 1 is 1.57 bits per heavy atom. The van der Waals surface area contributed by atoms with Crippen LogP contribution in [0.5, 0.6) is 0 Å². The zero-order chi connectivity index (χ0) is 10.6. The summed E-state index contributed by atoms with van der Waals surface area (Å²) in [6, 6.07) is 3.31. The smallest absolute Gasteiger partial charge is 0.260 e. The molecule has 2 nitrogen and oxygen atoms in total.